The summed E-state index contributed by atoms with van der Waals surface area (Å²) in [6.07, 6.45) is 7.98. The van der Waals surface area contributed by atoms with Crippen LogP contribution in [0.15, 0.2) is 47.0 Å². The topological polar surface area (TPSA) is 26.0 Å². The molecule has 0 radical (unpaired) electrons. The van der Waals surface area contributed by atoms with Gasteiger partial charge in [0.2, 0.25) is 5.92 Å². The average molecular weight is 460 g/mol. The standard InChI is InChI=1S/C30H31F2NO/c1-18-15-25-27(21-5-3-4-6-21)19(2)34-29(25)26(16-18)28-24-8-7-22(17-23(24)11-14-33-28)20-9-12-30(31,32)13-10-20/h7-8,11,14-17,20-21H,3-6,9-10,12-13H2,1-2H3. The highest BCUT2D eigenvalue weighted by molar-refractivity contribution is 6.03. The summed E-state index contributed by atoms with van der Waals surface area (Å²) in [5, 5.41) is 3.42. The van der Waals surface area contributed by atoms with Gasteiger partial charge in [0.25, 0.3) is 0 Å². The van der Waals surface area contributed by atoms with Gasteiger partial charge in [-0.1, -0.05) is 31.0 Å². The Labute approximate surface area is 199 Å². The van der Waals surface area contributed by atoms with Crippen molar-refractivity contribution < 1.29 is 13.2 Å². The molecule has 0 amide bonds. The largest absolute Gasteiger partial charge is 0.460 e. The number of fused-ring (bicyclic) bond motifs is 2. The fourth-order valence-corrected chi connectivity index (χ4v) is 6.42. The van der Waals surface area contributed by atoms with Crippen LogP contribution in [0.1, 0.15) is 85.7 Å². The minimum atomic E-state index is -2.50. The van der Waals surface area contributed by atoms with Crippen molar-refractivity contribution in [1.82, 2.24) is 4.98 Å². The Kier molecular flexibility index (Phi) is 5.24. The van der Waals surface area contributed by atoms with Crippen LogP contribution in [0.25, 0.3) is 33.0 Å². The quantitative estimate of drug-likeness (QED) is 0.305. The molecule has 0 unspecified atom stereocenters. The van der Waals surface area contributed by atoms with Crippen LogP contribution in [-0.4, -0.2) is 10.9 Å². The number of hydrogen-bond acceptors (Lipinski definition) is 2. The van der Waals surface area contributed by atoms with Gasteiger partial charge in [-0.05, 0) is 86.1 Å². The highest BCUT2D eigenvalue weighted by atomic mass is 19.3. The van der Waals surface area contributed by atoms with Crippen LogP contribution in [0, 0.1) is 13.8 Å². The van der Waals surface area contributed by atoms with E-state index in [1.165, 1.54) is 42.2 Å². The molecule has 0 aliphatic heterocycles. The highest BCUT2D eigenvalue weighted by Crippen LogP contribution is 2.45. The SMILES string of the molecule is Cc1cc(-c2nccc3cc(C4CCC(F)(F)CC4)ccc23)c2oc(C)c(C3CCCC3)c2c1. The van der Waals surface area contributed by atoms with Crippen molar-refractivity contribution in [1.29, 1.82) is 0 Å². The fourth-order valence-electron chi connectivity index (χ4n) is 6.42. The molecule has 0 bridgehead atoms. The Morgan fingerprint density at radius 1 is 0.882 bits per heavy atom. The summed E-state index contributed by atoms with van der Waals surface area (Å²) in [7, 11) is 0. The van der Waals surface area contributed by atoms with E-state index in [9.17, 15) is 8.78 Å². The zero-order chi connectivity index (χ0) is 23.4. The molecular weight excluding hydrogens is 428 g/mol. The molecule has 4 aromatic rings. The lowest BCUT2D eigenvalue weighted by molar-refractivity contribution is -0.0382. The molecule has 2 aromatic heterocycles. The van der Waals surface area contributed by atoms with E-state index >= 15 is 0 Å². The average Bonchev–Trinajstić information content (AvgIpc) is 3.45. The van der Waals surface area contributed by atoms with Crippen molar-refractivity contribution in [3.8, 4) is 11.3 Å². The molecule has 4 heteroatoms. The van der Waals surface area contributed by atoms with Gasteiger partial charge in [-0.3, -0.25) is 4.98 Å². The van der Waals surface area contributed by atoms with Gasteiger partial charge in [0.05, 0.1) is 5.69 Å². The Morgan fingerprint density at radius 2 is 1.65 bits per heavy atom. The zero-order valence-electron chi connectivity index (χ0n) is 20.0. The lowest BCUT2D eigenvalue weighted by Crippen LogP contribution is -2.23. The van der Waals surface area contributed by atoms with Crippen LogP contribution in [0.4, 0.5) is 8.78 Å². The number of nitrogens with zero attached hydrogens (tertiary/aromatic N) is 1. The van der Waals surface area contributed by atoms with Crippen LogP contribution in [0.3, 0.4) is 0 Å². The fraction of sp³-hybridized carbons (Fsp3) is 0.433. The van der Waals surface area contributed by atoms with Crippen LogP contribution < -0.4 is 0 Å². The van der Waals surface area contributed by atoms with Crippen LogP contribution in [-0.2, 0) is 0 Å². The predicted molar refractivity (Wildman–Crippen MR) is 134 cm³/mol. The molecule has 0 atom stereocenters. The lowest BCUT2D eigenvalue weighted by atomic mass is 9.81. The third kappa shape index (κ3) is 3.72. The van der Waals surface area contributed by atoms with Gasteiger partial charge in [0.1, 0.15) is 11.3 Å². The third-order valence-corrected chi connectivity index (χ3v) is 8.15. The summed E-state index contributed by atoms with van der Waals surface area (Å²) < 4.78 is 33.7. The molecule has 2 saturated carbocycles. The number of furan rings is 1. The molecule has 34 heavy (non-hydrogen) atoms. The third-order valence-electron chi connectivity index (χ3n) is 8.15. The summed E-state index contributed by atoms with van der Waals surface area (Å²) in [5.74, 6) is -0.681. The number of hydrogen-bond donors (Lipinski definition) is 0. The van der Waals surface area contributed by atoms with Gasteiger partial charge >= 0.3 is 0 Å². The number of rotatable bonds is 3. The molecule has 0 saturated heterocycles. The maximum Gasteiger partial charge on any atom is 0.248 e. The summed E-state index contributed by atoms with van der Waals surface area (Å²) in [6, 6.07) is 12.9. The van der Waals surface area contributed by atoms with E-state index in [1.54, 1.807) is 0 Å². The minimum Gasteiger partial charge on any atom is -0.460 e. The predicted octanol–water partition coefficient (Wildman–Crippen LogP) is 9.22. The van der Waals surface area contributed by atoms with Crippen molar-refractivity contribution in [2.24, 2.45) is 0 Å². The minimum absolute atomic E-state index is 0.0141. The summed E-state index contributed by atoms with van der Waals surface area (Å²) in [5.41, 5.74) is 6.66. The van der Waals surface area contributed by atoms with E-state index in [0.29, 0.717) is 18.8 Å². The summed E-state index contributed by atoms with van der Waals surface area (Å²) in [4.78, 5) is 4.81. The second-order valence-electron chi connectivity index (χ2n) is 10.5. The summed E-state index contributed by atoms with van der Waals surface area (Å²) in [6.45, 7) is 4.25. The van der Waals surface area contributed by atoms with Crippen molar-refractivity contribution >= 4 is 21.7 Å². The first-order valence-electron chi connectivity index (χ1n) is 12.7. The molecule has 0 spiro atoms. The van der Waals surface area contributed by atoms with Crippen molar-refractivity contribution in [3.05, 3.63) is 65.0 Å². The number of aryl methyl sites for hydroxylation is 2. The van der Waals surface area contributed by atoms with E-state index in [1.807, 2.05) is 12.3 Å². The van der Waals surface area contributed by atoms with Gasteiger partial charge < -0.3 is 4.42 Å². The molecule has 2 heterocycles. The number of benzene rings is 2. The van der Waals surface area contributed by atoms with E-state index in [4.69, 9.17) is 9.40 Å². The Bertz CT molecular complexity index is 1370. The Balaban J connectivity index is 1.45. The van der Waals surface area contributed by atoms with Gasteiger partial charge in [-0.15, -0.1) is 0 Å². The van der Waals surface area contributed by atoms with E-state index in [0.717, 1.165) is 38.9 Å². The van der Waals surface area contributed by atoms with E-state index in [-0.39, 0.29) is 18.8 Å². The lowest BCUT2D eigenvalue weighted by Gasteiger charge is -2.28. The molecule has 0 N–H and O–H groups in total. The monoisotopic (exact) mass is 459 g/mol. The zero-order valence-corrected chi connectivity index (χ0v) is 20.0. The second kappa shape index (κ2) is 8.18. The molecule has 2 aliphatic carbocycles. The van der Waals surface area contributed by atoms with Gasteiger partial charge in [0.15, 0.2) is 0 Å². The molecule has 2 nitrogen and oxygen atoms in total. The molecule has 6 rings (SSSR count). The van der Waals surface area contributed by atoms with Crippen LogP contribution in [0.5, 0.6) is 0 Å². The van der Waals surface area contributed by atoms with E-state index in [2.05, 4.69) is 44.2 Å². The molecule has 2 aromatic carbocycles. The Morgan fingerprint density at radius 3 is 2.41 bits per heavy atom. The second-order valence-corrected chi connectivity index (χ2v) is 10.5. The normalized spacial score (nSPS) is 19.4. The van der Waals surface area contributed by atoms with E-state index < -0.39 is 5.92 Å². The maximum atomic E-state index is 13.7. The van der Waals surface area contributed by atoms with Crippen LogP contribution >= 0.6 is 0 Å². The smallest absolute Gasteiger partial charge is 0.248 e. The number of aromatic nitrogens is 1. The van der Waals surface area contributed by atoms with Crippen LogP contribution in [0.2, 0.25) is 0 Å². The van der Waals surface area contributed by atoms with Crippen molar-refractivity contribution in [2.45, 2.75) is 83.0 Å². The molecular formula is C30H31F2NO. The first-order chi connectivity index (χ1) is 16.4. The first kappa shape index (κ1) is 21.8. The highest BCUT2D eigenvalue weighted by Gasteiger charge is 2.35. The number of halogens is 2. The molecule has 2 aliphatic rings. The first-order valence-corrected chi connectivity index (χ1v) is 12.7. The number of pyridine rings is 1. The Hall–Kier alpha value is -2.75. The van der Waals surface area contributed by atoms with Gasteiger partial charge in [-0.25, -0.2) is 8.78 Å². The van der Waals surface area contributed by atoms with Crippen molar-refractivity contribution in [2.75, 3.05) is 0 Å². The molecule has 176 valence electrons. The molecule has 2 fully saturated rings. The van der Waals surface area contributed by atoms with Gasteiger partial charge in [0, 0.05) is 40.9 Å². The maximum absolute atomic E-state index is 13.7. The van der Waals surface area contributed by atoms with Crippen molar-refractivity contribution in [3.63, 3.8) is 0 Å². The van der Waals surface area contributed by atoms with Gasteiger partial charge in [-0.2, -0.15) is 0 Å². The summed E-state index contributed by atoms with van der Waals surface area (Å²) >= 11 is 0. The number of alkyl halides is 2.